The van der Waals surface area contributed by atoms with Crippen molar-refractivity contribution in [3.63, 3.8) is 0 Å². The van der Waals surface area contributed by atoms with Gasteiger partial charge in [-0.2, -0.15) is 0 Å². The molecular weight excluding hydrogens is 236 g/mol. The van der Waals surface area contributed by atoms with E-state index >= 15 is 0 Å². The van der Waals surface area contributed by atoms with Gasteiger partial charge in [-0.05, 0) is 24.1 Å². The Morgan fingerprint density at radius 3 is 2.44 bits per heavy atom. The maximum atomic E-state index is 12.8. The molecule has 0 bridgehead atoms. The average molecular weight is 249 g/mol. The molecule has 1 aromatic rings. The minimum absolute atomic E-state index is 0.175. The van der Waals surface area contributed by atoms with E-state index in [1.807, 2.05) is 0 Å². The molecule has 2 N–H and O–H groups in total. The highest BCUT2D eigenvalue weighted by atomic mass is 32.2. The summed E-state index contributed by atoms with van der Waals surface area (Å²) >= 11 is 0. The average Bonchev–Trinajstić information content (AvgIpc) is 2.08. The number of benzene rings is 1. The highest BCUT2D eigenvalue weighted by Crippen LogP contribution is 2.10. The van der Waals surface area contributed by atoms with Crippen molar-refractivity contribution in [3.05, 3.63) is 35.4 Å². The molecule has 0 aliphatic carbocycles. The van der Waals surface area contributed by atoms with Gasteiger partial charge in [0.25, 0.3) is 0 Å². The molecular formula is C10H13F2NO2S. The molecule has 16 heavy (non-hydrogen) atoms. The molecule has 0 fully saturated rings. The third-order valence-corrected chi connectivity index (χ3v) is 3.03. The molecule has 6 heteroatoms. The van der Waals surface area contributed by atoms with Crippen molar-refractivity contribution in [3.8, 4) is 0 Å². The maximum absolute atomic E-state index is 12.8. The Kier molecular flexibility index (Phi) is 3.98. The van der Waals surface area contributed by atoms with E-state index < -0.39 is 27.5 Å². The van der Waals surface area contributed by atoms with Crippen LogP contribution in [0.1, 0.15) is 5.56 Å². The summed E-state index contributed by atoms with van der Waals surface area (Å²) < 4.78 is 47.3. The van der Waals surface area contributed by atoms with Crippen LogP contribution in [0.15, 0.2) is 18.2 Å². The normalized spacial score (nSPS) is 13.8. The van der Waals surface area contributed by atoms with Gasteiger partial charge in [0.1, 0.15) is 9.84 Å². The first-order valence-corrected chi connectivity index (χ1v) is 6.71. The monoisotopic (exact) mass is 249 g/mol. The molecule has 0 heterocycles. The number of rotatable bonds is 4. The summed E-state index contributed by atoms with van der Waals surface area (Å²) in [6.07, 6.45) is 1.28. The fraction of sp³-hybridized carbons (Fsp3) is 0.400. The summed E-state index contributed by atoms with van der Waals surface area (Å²) in [6.45, 7) is 0. The zero-order valence-electron chi connectivity index (χ0n) is 8.78. The minimum atomic E-state index is -3.15. The molecule has 0 amide bonds. The van der Waals surface area contributed by atoms with Gasteiger partial charge in [0.15, 0.2) is 11.6 Å². The molecule has 0 radical (unpaired) electrons. The third-order valence-electron chi connectivity index (χ3n) is 2.00. The van der Waals surface area contributed by atoms with Crippen LogP contribution in [0.25, 0.3) is 0 Å². The van der Waals surface area contributed by atoms with Gasteiger partial charge in [-0.25, -0.2) is 17.2 Å². The zero-order valence-corrected chi connectivity index (χ0v) is 9.60. The Bertz CT molecular complexity index is 474. The highest BCUT2D eigenvalue weighted by Gasteiger charge is 2.12. The number of nitrogens with two attached hydrogens (primary N) is 1. The van der Waals surface area contributed by atoms with E-state index in [0.29, 0.717) is 5.56 Å². The van der Waals surface area contributed by atoms with E-state index in [1.165, 1.54) is 6.07 Å². The first-order valence-electron chi connectivity index (χ1n) is 4.65. The lowest BCUT2D eigenvalue weighted by atomic mass is 10.1. The summed E-state index contributed by atoms with van der Waals surface area (Å²) in [5.41, 5.74) is 6.07. The van der Waals surface area contributed by atoms with Crippen molar-refractivity contribution in [2.24, 2.45) is 5.73 Å². The fourth-order valence-corrected chi connectivity index (χ4v) is 2.31. The van der Waals surface area contributed by atoms with E-state index in [9.17, 15) is 17.2 Å². The smallest absolute Gasteiger partial charge is 0.159 e. The van der Waals surface area contributed by atoms with Crippen molar-refractivity contribution in [2.75, 3.05) is 12.0 Å². The predicted molar refractivity (Wildman–Crippen MR) is 57.7 cm³/mol. The fourth-order valence-electron chi connectivity index (χ4n) is 1.42. The van der Waals surface area contributed by atoms with Crippen LogP contribution < -0.4 is 5.73 Å². The third kappa shape index (κ3) is 4.24. The number of halogens is 2. The zero-order chi connectivity index (χ0) is 12.3. The number of hydrogen-bond donors (Lipinski definition) is 1. The second kappa shape index (κ2) is 4.88. The van der Waals surface area contributed by atoms with Crippen LogP contribution in [-0.4, -0.2) is 26.5 Å². The van der Waals surface area contributed by atoms with Crippen molar-refractivity contribution in [1.29, 1.82) is 0 Å². The Hall–Kier alpha value is -1.01. The van der Waals surface area contributed by atoms with Crippen molar-refractivity contribution in [2.45, 2.75) is 12.5 Å². The van der Waals surface area contributed by atoms with Crippen LogP contribution >= 0.6 is 0 Å². The lowest BCUT2D eigenvalue weighted by Crippen LogP contribution is -2.31. The first kappa shape index (κ1) is 13.1. The quantitative estimate of drug-likeness (QED) is 0.861. The molecule has 1 aromatic carbocycles. The first-order chi connectivity index (χ1) is 7.28. The number of sulfone groups is 1. The van der Waals surface area contributed by atoms with Crippen LogP contribution in [0, 0.1) is 11.6 Å². The second-order valence-electron chi connectivity index (χ2n) is 3.81. The Balaban J connectivity index is 2.70. The summed E-state index contributed by atoms with van der Waals surface area (Å²) in [5, 5.41) is 0. The SMILES string of the molecule is CS(=O)(=O)CC(N)Cc1ccc(F)c(F)c1. The molecule has 0 saturated carbocycles. The van der Waals surface area contributed by atoms with Gasteiger partial charge in [-0.15, -0.1) is 0 Å². The van der Waals surface area contributed by atoms with Crippen LogP contribution in [0.3, 0.4) is 0 Å². The molecule has 1 rings (SSSR count). The Morgan fingerprint density at radius 2 is 1.94 bits per heavy atom. The molecule has 0 saturated heterocycles. The van der Waals surface area contributed by atoms with Crippen LogP contribution in [-0.2, 0) is 16.3 Å². The molecule has 0 aromatic heterocycles. The van der Waals surface area contributed by atoms with Crippen molar-refractivity contribution >= 4 is 9.84 Å². The van der Waals surface area contributed by atoms with Gasteiger partial charge in [0, 0.05) is 12.3 Å². The maximum Gasteiger partial charge on any atom is 0.159 e. The van der Waals surface area contributed by atoms with Gasteiger partial charge < -0.3 is 5.73 Å². The van der Waals surface area contributed by atoms with Gasteiger partial charge in [-0.3, -0.25) is 0 Å². The second-order valence-corrected chi connectivity index (χ2v) is 5.99. The van der Waals surface area contributed by atoms with Crippen molar-refractivity contribution < 1.29 is 17.2 Å². The minimum Gasteiger partial charge on any atom is -0.326 e. The molecule has 3 nitrogen and oxygen atoms in total. The highest BCUT2D eigenvalue weighted by molar-refractivity contribution is 7.90. The van der Waals surface area contributed by atoms with Crippen molar-refractivity contribution in [1.82, 2.24) is 0 Å². The molecule has 0 spiro atoms. The molecule has 1 unspecified atom stereocenters. The Morgan fingerprint density at radius 1 is 1.31 bits per heavy atom. The molecule has 1 atom stereocenters. The van der Waals surface area contributed by atoms with E-state index in [4.69, 9.17) is 5.73 Å². The van der Waals surface area contributed by atoms with Crippen LogP contribution in [0.2, 0.25) is 0 Å². The van der Waals surface area contributed by atoms with E-state index in [0.717, 1.165) is 18.4 Å². The molecule has 90 valence electrons. The van der Waals surface area contributed by atoms with Gasteiger partial charge in [-0.1, -0.05) is 6.07 Å². The van der Waals surface area contributed by atoms with Gasteiger partial charge in [0.05, 0.1) is 5.75 Å². The number of hydrogen-bond acceptors (Lipinski definition) is 3. The lowest BCUT2D eigenvalue weighted by Gasteiger charge is -2.10. The lowest BCUT2D eigenvalue weighted by molar-refractivity contribution is 0.506. The van der Waals surface area contributed by atoms with Crippen LogP contribution in [0.5, 0.6) is 0 Å². The summed E-state index contributed by atoms with van der Waals surface area (Å²) in [7, 11) is -3.15. The van der Waals surface area contributed by atoms with E-state index in [2.05, 4.69) is 0 Å². The topological polar surface area (TPSA) is 60.2 Å². The summed E-state index contributed by atoms with van der Waals surface area (Å²) in [5.74, 6) is -2.06. The van der Waals surface area contributed by atoms with Gasteiger partial charge >= 0.3 is 0 Å². The Labute approximate surface area is 93.2 Å². The largest absolute Gasteiger partial charge is 0.326 e. The standard InChI is InChI=1S/C10H13F2NO2S/c1-16(14,15)6-8(13)4-7-2-3-9(11)10(12)5-7/h2-3,5,8H,4,6,13H2,1H3. The van der Waals surface area contributed by atoms with Crippen LogP contribution in [0.4, 0.5) is 8.78 Å². The molecule has 0 aliphatic rings. The summed E-state index contributed by atoms with van der Waals surface area (Å²) in [4.78, 5) is 0. The predicted octanol–water partition coefficient (Wildman–Crippen LogP) is 0.879. The van der Waals surface area contributed by atoms with E-state index in [1.54, 1.807) is 0 Å². The molecule has 0 aliphatic heterocycles. The van der Waals surface area contributed by atoms with Gasteiger partial charge in [0.2, 0.25) is 0 Å². The van der Waals surface area contributed by atoms with E-state index in [-0.39, 0.29) is 12.2 Å². The summed E-state index contributed by atoms with van der Waals surface area (Å²) in [6, 6.07) is 2.80.